The molecule has 1 heterocycles. The van der Waals surface area contributed by atoms with Gasteiger partial charge in [0.25, 0.3) is 5.91 Å². The molecule has 0 saturated carbocycles. The Kier molecular flexibility index (Phi) is 6.42. The number of furan rings is 1. The Bertz CT molecular complexity index is 1250. The smallest absolute Gasteiger partial charge is 0.305 e. The van der Waals surface area contributed by atoms with E-state index in [-0.39, 0.29) is 16.2 Å². The number of sulfonamides is 1. The van der Waals surface area contributed by atoms with Gasteiger partial charge in [-0.1, -0.05) is 19.9 Å². The van der Waals surface area contributed by atoms with Crippen molar-refractivity contribution in [1.29, 1.82) is 0 Å². The van der Waals surface area contributed by atoms with Crippen LogP contribution in [0.25, 0.3) is 11.0 Å². The average molecular weight is 447 g/mol. The van der Waals surface area contributed by atoms with Crippen LogP contribution in [0.5, 0.6) is 0 Å². The van der Waals surface area contributed by atoms with E-state index in [0.29, 0.717) is 29.6 Å². The summed E-state index contributed by atoms with van der Waals surface area (Å²) in [6.07, 6.45) is 0. The van der Waals surface area contributed by atoms with Gasteiger partial charge in [-0.05, 0) is 43.3 Å². The fourth-order valence-corrected chi connectivity index (χ4v) is 4.67. The second-order valence-corrected chi connectivity index (χ2v) is 8.66. The minimum atomic E-state index is -3.74. The monoisotopic (exact) mass is 447 g/mol. The summed E-state index contributed by atoms with van der Waals surface area (Å²) in [5, 5.41) is 0.450. The van der Waals surface area contributed by atoms with E-state index in [1.54, 1.807) is 20.8 Å². The van der Waals surface area contributed by atoms with Gasteiger partial charge in [0.1, 0.15) is 11.4 Å². The summed E-state index contributed by atoms with van der Waals surface area (Å²) in [4.78, 5) is 24.9. The van der Waals surface area contributed by atoms with Gasteiger partial charge in [-0.2, -0.15) is 4.31 Å². The SMILES string of the molecule is CCN(CC)S(=O)(=O)c1cccc(C(=O)NNC(=O)c2oc3ccc(F)cc3c2C)c1. The fraction of sp³-hybridized carbons (Fsp3) is 0.238. The first-order chi connectivity index (χ1) is 14.7. The molecular formula is C21H22FN3O5S. The second-order valence-electron chi connectivity index (χ2n) is 6.72. The lowest BCUT2D eigenvalue weighted by atomic mass is 10.1. The normalized spacial score (nSPS) is 11.6. The molecular weight excluding hydrogens is 425 g/mol. The van der Waals surface area contributed by atoms with Gasteiger partial charge < -0.3 is 4.42 Å². The van der Waals surface area contributed by atoms with Crippen LogP contribution in [0.4, 0.5) is 4.39 Å². The number of benzene rings is 2. The van der Waals surface area contributed by atoms with Crippen LogP contribution < -0.4 is 10.9 Å². The molecule has 2 aromatic carbocycles. The first kappa shape index (κ1) is 22.4. The van der Waals surface area contributed by atoms with Crippen LogP contribution in [0.1, 0.15) is 40.3 Å². The van der Waals surface area contributed by atoms with Crippen molar-refractivity contribution < 1.29 is 26.8 Å². The van der Waals surface area contributed by atoms with E-state index < -0.39 is 27.7 Å². The van der Waals surface area contributed by atoms with Crippen molar-refractivity contribution in [3.8, 4) is 0 Å². The van der Waals surface area contributed by atoms with Gasteiger partial charge in [0, 0.05) is 29.6 Å². The first-order valence-corrected chi connectivity index (χ1v) is 11.0. The number of hydrogen-bond donors (Lipinski definition) is 2. The van der Waals surface area contributed by atoms with E-state index in [1.807, 2.05) is 0 Å². The first-order valence-electron chi connectivity index (χ1n) is 9.58. The molecule has 3 rings (SSSR count). The van der Waals surface area contributed by atoms with Gasteiger partial charge in [-0.25, -0.2) is 12.8 Å². The predicted octanol–water partition coefficient (Wildman–Crippen LogP) is 2.99. The van der Waals surface area contributed by atoms with Crippen LogP contribution in [0.15, 0.2) is 51.8 Å². The molecule has 0 aliphatic rings. The fourth-order valence-electron chi connectivity index (χ4n) is 3.16. The Labute approximate surface area is 179 Å². The standard InChI is InChI=1S/C21H22FN3O5S/c1-4-25(5-2)31(28,29)16-8-6-7-14(11-16)20(26)23-24-21(27)19-13(3)17-12-15(22)9-10-18(17)30-19/h6-12H,4-5H2,1-3H3,(H,23,26)(H,24,27). The van der Waals surface area contributed by atoms with Crippen molar-refractivity contribution in [2.75, 3.05) is 13.1 Å². The maximum absolute atomic E-state index is 13.4. The number of nitrogens with one attached hydrogen (secondary N) is 2. The topological polar surface area (TPSA) is 109 Å². The largest absolute Gasteiger partial charge is 0.451 e. The number of hydrazine groups is 1. The maximum Gasteiger partial charge on any atom is 0.305 e. The zero-order valence-corrected chi connectivity index (χ0v) is 18.0. The molecule has 2 N–H and O–H groups in total. The third-order valence-corrected chi connectivity index (χ3v) is 6.88. The summed E-state index contributed by atoms with van der Waals surface area (Å²) in [5.41, 5.74) is 5.28. The molecule has 0 spiro atoms. The Morgan fingerprint density at radius 3 is 2.39 bits per heavy atom. The van der Waals surface area contributed by atoms with Gasteiger partial charge in [0.05, 0.1) is 4.90 Å². The lowest BCUT2D eigenvalue weighted by Gasteiger charge is -2.18. The van der Waals surface area contributed by atoms with Crippen LogP contribution >= 0.6 is 0 Å². The number of aryl methyl sites for hydroxylation is 1. The van der Waals surface area contributed by atoms with E-state index in [2.05, 4.69) is 10.9 Å². The molecule has 0 aliphatic carbocycles. The number of halogens is 1. The van der Waals surface area contributed by atoms with Crippen molar-refractivity contribution in [3.63, 3.8) is 0 Å². The Morgan fingerprint density at radius 1 is 1.03 bits per heavy atom. The van der Waals surface area contributed by atoms with Crippen molar-refractivity contribution in [1.82, 2.24) is 15.2 Å². The Hall–Kier alpha value is -3.24. The van der Waals surface area contributed by atoms with Gasteiger partial charge in [0.2, 0.25) is 10.0 Å². The highest BCUT2D eigenvalue weighted by atomic mass is 32.2. The lowest BCUT2D eigenvalue weighted by Crippen LogP contribution is -2.41. The van der Waals surface area contributed by atoms with E-state index in [0.717, 1.165) is 0 Å². The number of amides is 2. The molecule has 0 aliphatic heterocycles. The molecule has 0 radical (unpaired) electrons. The molecule has 10 heteroatoms. The zero-order chi connectivity index (χ0) is 22.8. The molecule has 0 unspecified atom stereocenters. The number of hydrogen-bond acceptors (Lipinski definition) is 5. The Balaban J connectivity index is 1.76. The minimum Gasteiger partial charge on any atom is -0.451 e. The van der Waals surface area contributed by atoms with Crippen molar-refractivity contribution in [2.24, 2.45) is 0 Å². The summed E-state index contributed by atoms with van der Waals surface area (Å²) in [5.74, 6) is -1.96. The molecule has 8 nitrogen and oxygen atoms in total. The molecule has 0 atom stereocenters. The molecule has 0 saturated heterocycles. The van der Waals surface area contributed by atoms with E-state index >= 15 is 0 Å². The summed E-state index contributed by atoms with van der Waals surface area (Å²) in [6, 6.07) is 9.40. The Morgan fingerprint density at radius 2 is 1.71 bits per heavy atom. The lowest BCUT2D eigenvalue weighted by molar-refractivity contribution is 0.0831. The highest BCUT2D eigenvalue weighted by Gasteiger charge is 2.23. The summed E-state index contributed by atoms with van der Waals surface area (Å²) < 4.78 is 45.5. The third-order valence-electron chi connectivity index (χ3n) is 4.83. The highest BCUT2D eigenvalue weighted by Crippen LogP contribution is 2.25. The van der Waals surface area contributed by atoms with Gasteiger partial charge >= 0.3 is 5.91 Å². The van der Waals surface area contributed by atoms with Crippen LogP contribution in [0, 0.1) is 12.7 Å². The highest BCUT2D eigenvalue weighted by molar-refractivity contribution is 7.89. The van der Waals surface area contributed by atoms with Gasteiger partial charge in [0.15, 0.2) is 5.76 Å². The zero-order valence-electron chi connectivity index (χ0n) is 17.2. The van der Waals surface area contributed by atoms with Crippen LogP contribution in [0.2, 0.25) is 0 Å². The molecule has 31 heavy (non-hydrogen) atoms. The second kappa shape index (κ2) is 8.86. The third kappa shape index (κ3) is 4.44. The molecule has 164 valence electrons. The number of carbonyl (C=O) groups is 2. The van der Waals surface area contributed by atoms with Crippen molar-refractivity contribution >= 4 is 32.8 Å². The maximum atomic E-state index is 13.4. The minimum absolute atomic E-state index is 0.0228. The number of rotatable bonds is 6. The average Bonchev–Trinajstić information content (AvgIpc) is 3.08. The number of fused-ring (bicyclic) bond motifs is 1. The van der Waals surface area contributed by atoms with Crippen LogP contribution in [0.3, 0.4) is 0 Å². The van der Waals surface area contributed by atoms with Crippen molar-refractivity contribution in [2.45, 2.75) is 25.7 Å². The molecule has 3 aromatic rings. The predicted molar refractivity (Wildman–Crippen MR) is 112 cm³/mol. The van der Waals surface area contributed by atoms with Gasteiger partial charge in [-0.15, -0.1) is 0 Å². The summed E-state index contributed by atoms with van der Waals surface area (Å²) >= 11 is 0. The molecule has 0 bridgehead atoms. The summed E-state index contributed by atoms with van der Waals surface area (Å²) in [7, 11) is -3.74. The van der Waals surface area contributed by atoms with Gasteiger partial charge in [-0.3, -0.25) is 20.4 Å². The van der Waals surface area contributed by atoms with E-state index in [1.165, 1.54) is 46.8 Å². The van der Waals surface area contributed by atoms with Crippen LogP contribution in [-0.2, 0) is 10.0 Å². The number of carbonyl (C=O) groups excluding carboxylic acids is 2. The van der Waals surface area contributed by atoms with Crippen molar-refractivity contribution in [3.05, 3.63) is 65.2 Å². The molecule has 0 fully saturated rings. The molecule has 2 amide bonds. The number of nitrogens with zero attached hydrogens (tertiary/aromatic N) is 1. The van der Waals surface area contributed by atoms with E-state index in [9.17, 15) is 22.4 Å². The van der Waals surface area contributed by atoms with Crippen LogP contribution in [-0.4, -0.2) is 37.6 Å². The molecule has 1 aromatic heterocycles. The quantitative estimate of drug-likeness (QED) is 0.565. The van der Waals surface area contributed by atoms with E-state index in [4.69, 9.17) is 4.42 Å². The summed E-state index contributed by atoms with van der Waals surface area (Å²) in [6.45, 7) is 5.64.